The van der Waals surface area contributed by atoms with E-state index < -0.39 is 26.6 Å². The lowest BCUT2D eigenvalue weighted by Gasteiger charge is -2.33. The number of nitro benzene ring substituents is 1. The standard InChI is InChI=1S/C17H16N2O5S/c20-14-7-6-12-16(14)15(10-3-1-4-11(9-10)19(21)22)17-13(18-12)5-2-8-25(17,23)24/h1,3-4,9,15-16H,2,5-8H2. The first kappa shape index (κ1) is 16.1. The van der Waals surface area contributed by atoms with E-state index in [1.54, 1.807) is 6.07 Å². The molecule has 1 saturated carbocycles. The summed E-state index contributed by atoms with van der Waals surface area (Å²) in [4.78, 5) is 27.8. The molecule has 4 rings (SSSR count). The first-order valence-corrected chi connectivity index (χ1v) is 9.84. The van der Waals surface area contributed by atoms with Gasteiger partial charge in [-0.25, -0.2) is 8.42 Å². The Morgan fingerprint density at radius 3 is 2.72 bits per heavy atom. The number of aliphatic imine (C=N–C) groups is 1. The van der Waals surface area contributed by atoms with Gasteiger partial charge < -0.3 is 0 Å². The van der Waals surface area contributed by atoms with Gasteiger partial charge in [-0.1, -0.05) is 12.1 Å². The van der Waals surface area contributed by atoms with E-state index in [9.17, 15) is 23.3 Å². The summed E-state index contributed by atoms with van der Waals surface area (Å²) in [7, 11) is -3.53. The zero-order valence-corrected chi connectivity index (χ0v) is 14.2. The maximum Gasteiger partial charge on any atom is 0.269 e. The van der Waals surface area contributed by atoms with Gasteiger partial charge in [0.1, 0.15) is 5.78 Å². The van der Waals surface area contributed by atoms with E-state index in [0.717, 1.165) is 5.71 Å². The molecule has 0 bridgehead atoms. The second-order valence-corrected chi connectivity index (χ2v) is 8.69. The highest BCUT2D eigenvalue weighted by Gasteiger charge is 2.48. The fraction of sp³-hybridized carbons (Fsp3) is 0.412. The van der Waals surface area contributed by atoms with Gasteiger partial charge in [-0.2, -0.15) is 0 Å². The molecule has 0 spiro atoms. The summed E-state index contributed by atoms with van der Waals surface area (Å²) in [6.07, 6.45) is 1.95. The minimum absolute atomic E-state index is 0.0308. The number of Topliss-reactive ketones (excluding diaryl/α,β-unsaturated/α-hetero) is 1. The quantitative estimate of drug-likeness (QED) is 0.595. The SMILES string of the molecule is O=C1CCC2=NC3=C(C(c4cccc([N+](=O)[O-])c4)C12)S(=O)(=O)CCC3. The Bertz CT molecular complexity index is 961. The predicted molar refractivity (Wildman–Crippen MR) is 91.1 cm³/mol. The molecule has 2 unspecified atom stereocenters. The van der Waals surface area contributed by atoms with E-state index in [2.05, 4.69) is 4.99 Å². The van der Waals surface area contributed by atoms with Crippen LogP contribution in [0.5, 0.6) is 0 Å². The lowest BCUT2D eigenvalue weighted by molar-refractivity contribution is -0.384. The maximum atomic E-state index is 12.7. The van der Waals surface area contributed by atoms with Gasteiger partial charge in [0.15, 0.2) is 9.84 Å². The van der Waals surface area contributed by atoms with Crippen LogP contribution in [0.15, 0.2) is 39.9 Å². The number of sulfone groups is 1. The van der Waals surface area contributed by atoms with E-state index in [0.29, 0.717) is 36.9 Å². The fourth-order valence-electron chi connectivity index (χ4n) is 4.08. The zero-order chi connectivity index (χ0) is 17.8. The van der Waals surface area contributed by atoms with Crippen LogP contribution in [0.3, 0.4) is 0 Å². The molecule has 1 fully saturated rings. The van der Waals surface area contributed by atoms with Crippen LogP contribution in [0.25, 0.3) is 0 Å². The second kappa shape index (κ2) is 5.59. The number of fused-ring (bicyclic) bond motifs is 1. The van der Waals surface area contributed by atoms with Crippen molar-refractivity contribution in [1.82, 2.24) is 0 Å². The van der Waals surface area contributed by atoms with Gasteiger partial charge in [0.05, 0.1) is 27.2 Å². The van der Waals surface area contributed by atoms with E-state index in [1.165, 1.54) is 18.2 Å². The lowest BCUT2D eigenvalue weighted by Crippen LogP contribution is -2.34. The first-order chi connectivity index (χ1) is 11.9. The van der Waals surface area contributed by atoms with E-state index >= 15 is 0 Å². The molecule has 0 aromatic heterocycles. The monoisotopic (exact) mass is 360 g/mol. The molecular weight excluding hydrogens is 344 g/mol. The largest absolute Gasteiger partial charge is 0.299 e. The van der Waals surface area contributed by atoms with Crippen molar-refractivity contribution < 1.29 is 18.1 Å². The highest BCUT2D eigenvalue weighted by molar-refractivity contribution is 7.95. The third-order valence-electron chi connectivity index (χ3n) is 5.11. The van der Waals surface area contributed by atoms with Crippen molar-refractivity contribution in [2.75, 3.05) is 5.75 Å². The Kier molecular flexibility index (Phi) is 3.61. The number of nitrogens with zero attached hydrogens (tertiary/aromatic N) is 2. The Morgan fingerprint density at radius 2 is 1.96 bits per heavy atom. The predicted octanol–water partition coefficient (Wildman–Crippen LogP) is 2.53. The lowest BCUT2D eigenvalue weighted by atomic mass is 9.80. The number of carbonyl (C=O) groups is 1. The summed E-state index contributed by atoms with van der Waals surface area (Å²) in [6, 6.07) is 5.95. The Balaban J connectivity index is 1.95. The van der Waals surface area contributed by atoms with Gasteiger partial charge in [0.25, 0.3) is 5.69 Å². The number of non-ortho nitro benzene ring substituents is 1. The van der Waals surface area contributed by atoms with Crippen molar-refractivity contribution in [2.24, 2.45) is 10.9 Å². The summed E-state index contributed by atoms with van der Waals surface area (Å²) < 4.78 is 25.5. The molecule has 1 aromatic rings. The van der Waals surface area contributed by atoms with Crippen molar-refractivity contribution in [3.63, 3.8) is 0 Å². The van der Waals surface area contributed by atoms with Crippen LogP contribution >= 0.6 is 0 Å². The summed E-state index contributed by atoms with van der Waals surface area (Å²) in [5.74, 6) is -1.32. The van der Waals surface area contributed by atoms with Crippen LogP contribution in [0.2, 0.25) is 0 Å². The van der Waals surface area contributed by atoms with Gasteiger partial charge >= 0.3 is 0 Å². The van der Waals surface area contributed by atoms with E-state index in [4.69, 9.17) is 0 Å². The third kappa shape index (κ3) is 2.52. The number of ketones is 1. The number of benzene rings is 1. The number of nitro groups is 1. The van der Waals surface area contributed by atoms with Gasteiger partial charge in [-0.05, 0) is 24.8 Å². The summed E-state index contributed by atoms with van der Waals surface area (Å²) in [5, 5.41) is 11.1. The van der Waals surface area contributed by atoms with Crippen LogP contribution in [-0.4, -0.2) is 30.6 Å². The molecule has 0 radical (unpaired) electrons. The number of allylic oxidation sites excluding steroid dienone is 2. The molecule has 25 heavy (non-hydrogen) atoms. The number of carbonyl (C=O) groups excluding carboxylic acids is 1. The molecular formula is C17H16N2O5S. The van der Waals surface area contributed by atoms with Gasteiger partial charge in [0.2, 0.25) is 0 Å². The molecule has 0 N–H and O–H groups in total. The Morgan fingerprint density at radius 1 is 1.16 bits per heavy atom. The molecule has 8 heteroatoms. The van der Waals surface area contributed by atoms with Crippen LogP contribution in [0.4, 0.5) is 5.69 Å². The van der Waals surface area contributed by atoms with Crippen molar-refractivity contribution in [1.29, 1.82) is 0 Å². The molecule has 7 nitrogen and oxygen atoms in total. The maximum absolute atomic E-state index is 12.7. The molecule has 3 aliphatic rings. The Hall–Kier alpha value is -2.35. The third-order valence-corrected chi connectivity index (χ3v) is 7.10. The molecule has 2 heterocycles. The normalized spacial score (nSPS) is 27.5. The van der Waals surface area contributed by atoms with Crippen LogP contribution in [0.1, 0.15) is 37.2 Å². The smallest absolute Gasteiger partial charge is 0.269 e. The van der Waals surface area contributed by atoms with Gasteiger partial charge in [-0.15, -0.1) is 0 Å². The number of hydrogen-bond donors (Lipinski definition) is 0. The molecule has 2 atom stereocenters. The van der Waals surface area contributed by atoms with E-state index in [1.807, 2.05) is 0 Å². The molecule has 2 aliphatic heterocycles. The van der Waals surface area contributed by atoms with Gasteiger partial charge in [0, 0.05) is 30.2 Å². The van der Waals surface area contributed by atoms with Crippen molar-refractivity contribution in [3.05, 3.63) is 50.5 Å². The number of hydrogen-bond acceptors (Lipinski definition) is 6. The topological polar surface area (TPSA) is 107 Å². The van der Waals surface area contributed by atoms with Crippen molar-refractivity contribution >= 4 is 27.0 Å². The molecule has 1 aromatic carbocycles. The Labute approximate surface area is 144 Å². The minimum Gasteiger partial charge on any atom is -0.299 e. The molecule has 0 amide bonds. The van der Waals surface area contributed by atoms with Crippen LogP contribution in [-0.2, 0) is 14.6 Å². The van der Waals surface area contributed by atoms with Gasteiger partial charge in [-0.3, -0.25) is 19.9 Å². The van der Waals surface area contributed by atoms with Crippen molar-refractivity contribution in [2.45, 2.75) is 31.6 Å². The van der Waals surface area contributed by atoms with Crippen LogP contribution < -0.4 is 0 Å². The average Bonchev–Trinajstić information content (AvgIpc) is 2.94. The van der Waals surface area contributed by atoms with Crippen molar-refractivity contribution in [3.8, 4) is 0 Å². The number of rotatable bonds is 2. The minimum atomic E-state index is -3.53. The molecule has 130 valence electrons. The fourth-order valence-corrected chi connectivity index (χ4v) is 5.99. The summed E-state index contributed by atoms with van der Waals surface area (Å²) in [6.45, 7) is 0. The summed E-state index contributed by atoms with van der Waals surface area (Å²) >= 11 is 0. The highest BCUT2D eigenvalue weighted by Crippen LogP contribution is 2.48. The average molecular weight is 360 g/mol. The molecule has 1 aliphatic carbocycles. The summed E-state index contributed by atoms with van der Waals surface area (Å²) in [5.41, 5.74) is 1.64. The highest BCUT2D eigenvalue weighted by atomic mass is 32.2. The zero-order valence-electron chi connectivity index (χ0n) is 13.3. The van der Waals surface area contributed by atoms with Crippen LogP contribution in [0, 0.1) is 16.0 Å². The first-order valence-electron chi connectivity index (χ1n) is 8.19. The second-order valence-electron chi connectivity index (χ2n) is 6.61. The van der Waals surface area contributed by atoms with E-state index in [-0.39, 0.29) is 22.1 Å². The molecule has 0 saturated heterocycles.